The molecule has 0 aliphatic carbocycles. The van der Waals surface area contributed by atoms with Crippen LogP contribution in [0.5, 0.6) is 0 Å². The number of carbonyl (C=O) groups is 1. The largest absolute Gasteiger partial charge is 0.459 e. The molecule has 1 N–H and O–H groups in total. The topological polar surface area (TPSA) is 38.3 Å². The average Bonchev–Trinajstić information content (AvgIpc) is 2.26. The predicted octanol–water partition coefficient (Wildman–Crippen LogP) is 3.22. The van der Waals surface area contributed by atoms with E-state index in [4.69, 9.17) is 4.74 Å². The molecule has 0 bridgehead atoms. The maximum atomic E-state index is 13.0. The number of rotatable bonds is 4. The number of alkyl halides is 3. The molecular weight excluding hydrogens is 271 g/mol. The first-order chi connectivity index (χ1) is 9.09. The fourth-order valence-electron chi connectivity index (χ4n) is 1.63. The summed E-state index contributed by atoms with van der Waals surface area (Å²) in [4.78, 5) is 11.5. The van der Waals surface area contributed by atoms with Crippen LogP contribution in [-0.4, -0.2) is 24.3 Å². The number of halogens is 3. The van der Waals surface area contributed by atoms with Gasteiger partial charge in [-0.3, -0.25) is 10.1 Å². The normalized spacial score (nSPS) is 13.9. The van der Waals surface area contributed by atoms with Gasteiger partial charge in [-0.05, 0) is 26.3 Å². The second kappa shape index (κ2) is 6.26. The molecule has 0 aromatic heterocycles. The van der Waals surface area contributed by atoms with E-state index in [1.807, 2.05) is 0 Å². The third kappa shape index (κ3) is 5.61. The highest BCUT2D eigenvalue weighted by molar-refractivity contribution is 5.72. The summed E-state index contributed by atoms with van der Waals surface area (Å²) in [6.07, 6.45) is -4.48. The first-order valence-electron chi connectivity index (χ1n) is 6.16. The lowest BCUT2D eigenvalue weighted by Crippen LogP contribution is -2.39. The first-order valence-corrected chi connectivity index (χ1v) is 6.16. The lowest BCUT2D eigenvalue weighted by Gasteiger charge is -2.24. The highest BCUT2D eigenvalue weighted by Crippen LogP contribution is 2.32. The number of esters is 1. The van der Waals surface area contributed by atoms with Crippen molar-refractivity contribution in [2.45, 2.75) is 38.6 Å². The Morgan fingerprint density at radius 1 is 1.20 bits per heavy atom. The van der Waals surface area contributed by atoms with E-state index in [0.29, 0.717) is 0 Å². The predicted molar refractivity (Wildman–Crippen MR) is 69.1 cm³/mol. The van der Waals surface area contributed by atoms with Gasteiger partial charge in [0, 0.05) is 0 Å². The zero-order valence-electron chi connectivity index (χ0n) is 11.6. The number of nitrogens with one attached hydrogen (secondary N) is 1. The van der Waals surface area contributed by atoms with Crippen molar-refractivity contribution in [3.63, 3.8) is 0 Å². The number of ether oxygens (including phenoxy) is 1. The number of benzene rings is 1. The summed E-state index contributed by atoms with van der Waals surface area (Å²) in [5.41, 5.74) is -0.664. The molecular formula is C14H18F3NO2. The summed E-state index contributed by atoms with van der Waals surface area (Å²) < 4.78 is 43.9. The molecule has 1 rings (SSSR count). The third-order valence-corrected chi connectivity index (χ3v) is 2.33. The molecule has 0 aliphatic heterocycles. The highest BCUT2D eigenvalue weighted by atomic mass is 19.4. The summed E-state index contributed by atoms with van der Waals surface area (Å²) >= 11 is 0. The van der Waals surface area contributed by atoms with Crippen LogP contribution >= 0.6 is 0 Å². The van der Waals surface area contributed by atoms with Crippen LogP contribution in [0.15, 0.2) is 30.3 Å². The van der Waals surface area contributed by atoms with Crippen LogP contribution in [0.1, 0.15) is 32.4 Å². The molecule has 1 unspecified atom stereocenters. The molecule has 1 aromatic rings. The van der Waals surface area contributed by atoms with E-state index in [-0.39, 0.29) is 5.56 Å². The van der Waals surface area contributed by atoms with Gasteiger partial charge in [0.05, 0.1) is 6.54 Å². The summed E-state index contributed by atoms with van der Waals surface area (Å²) in [5.74, 6) is -0.720. The van der Waals surface area contributed by atoms with Gasteiger partial charge in [0.2, 0.25) is 0 Å². The number of carbonyl (C=O) groups excluding carboxylic acids is 1. The Balaban J connectivity index is 2.71. The van der Waals surface area contributed by atoms with Crippen molar-refractivity contribution in [3.8, 4) is 0 Å². The molecule has 0 saturated carbocycles. The van der Waals surface area contributed by atoms with E-state index >= 15 is 0 Å². The van der Waals surface area contributed by atoms with Gasteiger partial charge in [-0.2, -0.15) is 13.2 Å². The Kier molecular flexibility index (Phi) is 5.16. The third-order valence-electron chi connectivity index (χ3n) is 2.33. The van der Waals surface area contributed by atoms with E-state index in [9.17, 15) is 18.0 Å². The fourth-order valence-corrected chi connectivity index (χ4v) is 1.63. The van der Waals surface area contributed by atoms with Gasteiger partial charge in [-0.1, -0.05) is 30.3 Å². The van der Waals surface area contributed by atoms with E-state index in [1.165, 1.54) is 24.3 Å². The monoisotopic (exact) mass is 289 g/mol. The minimum absolute atomic E-state index is 0.0589. The van der Waals surface area contributed by atoms with E-state index in [0.717, 1.165) is 0 Å². The van der Waals surface area contributed by atoms with Crippen LogP contribution in [0.3, 0.4) is 0 Å². The SMILES string of the molecule is CC(C)(C)OC(=O)CNC(c1ccccc1)C(F)(F)F. The lowest BCUT2D eigenvalue weighted by atomic mass is 10.1. The van der Waals surface area contributed by atoms with Crippen LogP contribution < -0.4 is 5.32 Å². The van der Waals surface area contributed by atoms with Crippen molar-refractivity contribution in [2.24, 2.45) is 0 Å². The van der Waals surface area contributed by atoms with Crippen LogP contribution in [0.25, 0.3) is 0 Å². The van der Waals surface area contributed by atoms with Crippen molar-refractivity contribution in [3.05, 3.63) is 35.9 Å². The van der Waals surface area contributed by atoms with Gasteiger partial charge in [-0.15, -0.1) is 0 Å². The highest BCUT2D eigenvalue weighted by Gasteiger charge is 2.40. The molecule has 112 valence electrons. The van der Waals surface area contributed by atoms with Gasteiger partial charge in [-0.25, -0.2) is 0 Å². The Hall–Kier alpha value is -1.56. The molecule has 0 aliphatic rings. The van der Waals surface area contributed by atoms with Gasteiger partial charge < -0.3 is 4.74 Å². The zero-order chi connectivity index (χ0) is 15.4. The van der Waals surface area contributed by atoms with Crippen LogP contribution in [0.4, 0.5) is 13.2 Å². The fraction of sp³-hybridized carbons (Fsp3) is 0.500. The zero-order valence-corrected chi connectivity index (χ0v) is 11.6. The molecule has 6 heteroatoms. The Morgan fingerprint density at radius 3 is 2.20 bits per heavy atom. The molecule has 1 atom stereocenters. The molecule has 0 spiro atoms. The second-order valence-electron chi connectivity index (χ2n) is 5.35. The lowest BCUT2D eigenvalue weighted by molar-refractivity contribution is -0.164. The molecule has 0 saturated heterocycles. The summed E-state index contributed by atoms with van der Waals surface area (Å²) in [6, 6.07) is 5.49. The first kappa shape index (κ1) is 16.5. The van der Waals surface area contributed by atoms with Crippen LogP contribution in [0.2, 0.25) is 0 Å². The van der Waals surface area contributed by atoms with Crippen LogP contribution in [0, 0.1) is 0 Å². The molecule has 0 radical (unpaired) electrons. The van der Waals surface area contributed by atoms with E-state index in [1.54, 1.807) is 26.8 Å². The van der Waals surface area contributed by atoms with E-state index < -0.39 is 30.3 Å². The average molecular weight is 289 g/mol. The van der Waals surface area contributed by atoms with Crippen molar-refractivity contribution < 1.29 is 22.7 Å². The van der Waals surface area contributed by atoms with Gasteiger partial charge in [0.25, 0.3) is 0 Å². The molecule has 20 heavy (non-hydrogen) atoms. The van der Waals surface area contributed by atoms with Gasteiger partial charge in [0.1, 0.15) is 11.6 Å². The Labute approximate surface area is 116 Å². The van der Waals surface area contributed by atoms with Gasteiger partial charge >= 0.3 is 12.1 Å². The minimum Gasteiger partial charge on any atom is -0.459 e. The summed E-state index contributed by atoms with van der Waals surface area (Å²) in [5, 5.41) is 2.20. The number of hydrogen-bond acceptors (Lipinski definition) is 3. The second-order valence-corrected chi connectivity index (χ2v) is 5.35. The quantitative estimate of drug-likeness (QED) is 0.865. The molecule has 0 fully saturated rings. The summed E-state index contributed by atoms with van der Waals surface area (Å²) in [7, 11) is 0. The standard InChI is InChI=1S/C14H18F3NO2/c1-13(2,3)20-11(19)9-18-12(14(15,16)17)10-7-5-4-6-8-10/h4-8,12,18H,9H2,1-3H3. The minimum atomic E-state index is -4.48. The van der Waals surface area contributed by atoms with Crippen molar-refractivity contribution in [1.29, 1.82) is 0 Å². The van der Waals surface area contributed by atoms with Crippen molar-refractivity contribution >= 4 is 5.97 Å². The Bertz CT molecular complexity index is 438. The maximum Gasteiger partial charge on any atom is 0.407 e. The smallest absolute Gasteiger partial charge is 0.407 e. The van der Waals surface area contributed by atoms with E-state index in [2.05, 4.69) is 5.32 Å². The van der Waals surface area contributed by atoms with Crippen LogP contribution in [-0.2, 0) is 9.53 Å². The van der Waals surface area contributed by atoms with Crippen molar-refractivity contribution in [1.82, 2.24) is 5.32 Å². The number of hydrogen-bond donors (Lipinski definition) is 1. The molecule has 0 heterocycles. The maximum absolute atomic E-state index is 13.0. The summed E-state index contributed by atoms with van der Waals surface area (Å²) in [6.45, 7) is 4.46. The molecule has 3 nitrogen and oxygen atoms in total. The Morgan fingerprint density at radius 2 is 1.75 bits per heavy atom. The van der Waals surface area contributed by atoms with Gasteiger partial charge in [0.15, 0.2) is 0 Å². The molecule has 0 amide bonds. The van der Waals surface area contributed by atoms with Crippen molar-refractivity contribution in [2.75, 3.05) is 6.54 Å². The molecule has 1 aromatic carbocycles.